The number of rotatable bonds is 6. The molecule has 0 spiro atoms. The standard InChI is InChI=1S/C24H22N2O3S/c1-24(27,21-14-12-19(13-15-21)18-7-3-2-4-8-18)17-26-30(28,29)22-11-5-9-20-10-6-16-25-23(20)22/h2-16,26-27H,17H2,1H3. The highest BCUT2D eigenvalue weighted by atomic mass is 32.2. The maximum absolute atomic E-state index is 12.9. The summed E-state index contributed by atoms with van der Waals surface area (Å²) < 4.78 is 28.3. The molecule has 0 fully saturated rings. The molecule has 0 aliphatic heterocycles. The van der Waals surface area contributed by atoms with Gasteiger partial charge in [-0.1, -0.05) is 72.8 Å². The summed E-state index contributed by atoms with van der Waals surface area (Å²) in [7, 11) is -3.85. The fourth-order valence-electron chi connectivity index (χ4n) is 3.36. The molecule has 0 bridgehead atoms. The number of aliphatic hydroxyl groups is 1. The molecule has 6 heteroatoms. The Morgan fingerprint density at radius 2 is 1.53 bits per heavy atom. The Morgan fingerprint density at radius 3 is 2.27 bits per heavy atom. The van der Waals surface area contributed by atoms with Crippen LogP contribution in [0, 0.1) is 0 Å². The number of benzene rings is 3. The summed E-state index contributed by atoms with van der Waals surface area (Å²) in [5, 5.41) is 11.7. The van der Waals surface area contributed by atoms with E-state index in [-0.39, 0.29) is 11.4 Å². The van der Waals surface area contributed by atoms with Gasteiger partial charge >= 0.3 is 0 Å². The van der Waals surface area contributed by atoms with Gasteiger partial charge in [0, 0.05) is 18.1 Å². The quantitative estimate of drug-likeness (QED) is 0.494. The third kappa shape index (κ3) is 4.11. The van der Waals surface area contributed by atoms with Gasteiger partial charge in [-0.3, -0.25) is 4.98 Å². The summed E-state index contributed by atoms with van der Waals surface area (Å²) in [6, 6.07) is 26.0. The van der Waals surface area contributed by atoms with Crippen molar-refractivity contribution < 1.29 is 13.5 Å². The van der Waals surface area contributed by atoms with Crippen LogP contribution in [0.15, 0.2) is 96.0 Å². The molecule has 1 heterocycles. The number of nitrogens with one attached hydrogen (secondary N) is 1. The summed E-state index contributed by atoms with van der Waals surface area (Å²) in [5.41, 5.74) is 1.76. The van der Waals surface area contributed by atoms with Crippen LogP contribution in [0.2, 0.25) is 0 Å². The second-order valence-corrected chi connectivity index (χ2v) is 9.11. The Balaban J connectivity index is 1.54. The fraction of sp³-hybridized carbons (Fsp3) is 0.125. The van der Waals surface area contributed by atoms with Crippen molar-refractivity contribution in [3.63, 3.8) is 0 Å². The number of fused-ring (bicyclic) bond motifs is 1. The molecular weight excluding hydrogens is 396 g/mol. The lowest BCUT2D eigenvalue weighted by molar-refractivity contribution is 0.0628. The highest BCUT2D eigenvalue weighted by molar-refractivity contribution is 7.89. The third-order valence-corrected chi connectivity index (χ3v) is 6.54. The normalized spacial score (nSPS) is 13.8. The van der Waals surface area contributed by atoms with Crippen molar-refractivity contribution in [3.05, 3.63) is 96.7 Å². The van der Waals surface area contributed by atoms with Gasteiger partial charge in [-0.2, -0.15) is 0 Å². The van der Waals surface area contributed by atoms with Crippen LogP contribution in [0.3, 0.4) is 0 Å². The first-order valence-corrected chi connectivity index (χ1v) is 11.1. The Kier molecular flexibility index (Phi) is 5.39. The molecule has 1 unspecified atom stereocenters. The average Bonchev–Trinajstić information content (AvgIpc) is 2.78. The van der Waals surface area contributed by atoms with Gasteiger partial charge in [-0.25, -0.2) is 13.1 Å². The summed E-state index contributed by atoms with van der Waals surface area (Å²) in [6.45, 7) is 1.43. The van der Waals surface area contributed by atoms with Crippen molar-refractivity contribution in [2.75, 3.05) is 6.54 Å². The van der Waals surface area contributed by atoms with Crippen molar-refractivity contribution >= 4 is 20.9 Å². The molecule has 0 aliphatic rings. The first kappa shape index (κ1) is 20.2. The molecule has 0 radical (unpaired) electrons. The van der Waals surface area contributed by atoms with Crippen LogP contribution in [0.4, 0.5) is 0 Å². The minimum atomic E-state index is -3.85. The number of nitrogens with zero attached hydrogens (tertiary/aromatic N) is 1. The lowest BCUT2D eigenvalue weighted by atomic mass is 9.94. The Labute approximate surface area is 176 Å². The van der Waals surface area contributed by atoms with Crippen LogP contribution in [0.1, 0.15) is 12.5 Å². The predicted octanol–water partition coefficient (Wildman–Crippen LogP) is 4.09. The summed E-state index contributed by atoms with van der Waals surface area (Å²) in [5.74, 6) is 0. The van der Waals surface area contributed by atoms with Crippen LogP contribution in [0.25, 0.3) is 22.0 Å². The summed E-state index contributed by atoms with van der Waals surface area (Å²) >= 11 is 0. The lowest BCUT2D eigenvalue weighted by Crippen LogP contribution is -2.38. The Morgan fingerprint density at radius 1 is 0.867 bits per heavy atom. The monoisotopic (exact) mass is 418 g/mol. The minimum Gasteiger partial charge on any atom is -0.384 e. The van der Waals surface area contributed by atoms with E-state index in [0.29, 0.717) is 11.1 Å². The molecule has 1 aromatic heterocycles. The van der Waals surface area contributed by atoms with E-state index in [9.17, 15) is 13.5 Å². The molecule has 0 saturated heterocycles. The largest absolute Gasteiger partial charge is 0.384 e. The Bertz CT molecular complexity index is 1260. The number of hydrogen-bond donors (Lipinski definition) is 2. The predicted molar refractivity (Wildman–Crippen MR) is 118 cm³/mol. The van der Waals surface area contributed by atoms with Crippen molar-refractivity contribution in [1.82, 2.24) is 9.71 Å². The van der Waals surface area contributed by atoms with E-state index in [0.717, 1.165) is 16.5 Å². The molecule has 30 heavy (non-hydrogen) atoms. The number of hydrogen-bond acceptors (Lipinski definition) is 4. The molecule has 5 nitrogen and oxygen atoms in total. The molecule has 0 aliphatic carbocycles. The molecule has 152 valence electrons. The maximum Gasteiger partial charge on any atom is 0.242 e. The molecule has 0 amide bonds. The van der Waals surface area contributed by atoms with Crippen molar-refractivity contribution in [3.8, 4) is 11.1 Å². The van der Waals surface area contributed by atoms with Crippen molar-refractivity contribution in [2.24, 2.45) is 0 Å². The van der Waals surface area contributed by atoms with Crippen molar-refractivity contribution in [2.45, 2.75) is 17.4 Å². The SMILES string of the molecule is CC(O)(CNS(=O)(=O)c1cccc2cccnc12)c1ccc(-c2ccccc2)cc1. The van der Waals surface area contributed by atoms with Crippen LogP contribution < -0.4 is 4.72 Å². The van der Waals surface area contributed by atoms with Gasteiger partial charge in [-0.15, -0.1) is 0 Å². The van der Waals surface area contributed by atoms with E-state index in [1.807, 2.05) is 66.7 Å². The molecule has 1 atom stereocenters. The maximum atomic E-state index is 12.9. The average molecular weight is 419 g/mol. The highest BCUT2D eigenvalue weighted by Crippen LogP contribution is 2.26. The van der Waals surface area contributed by atoms with E-state index >= 15 is 0 Å². The van der Waals surface area contributed by atoms with E-state index in [1.165, 1.54) is 6.07 Å². The van der Waals surface area contributed by atoms with Gasteiger partial charge in [0.05, 0.1) is 5.52 Å². The van der Waals surface area contributed by atoms with Gasteiger partial charge in [0.1, 0.15) is 10.5 Å². The molecule has 0 saturated carbocycles. The first-order chi connectivity index (χ1) is 14.4. The number of para-hydroxylation sites is 1. The van der Waals surface area contributed by atoms with E-state index in [1.54, 1.807) is 25.3 Å². The van der Waals surface area contributed by atoms with Crippen LogP contribution in [-0.2, 0) is 15.6 Å². The number of pyridine rings is 1. The molecule has 4 rings (SSSR count). The lowest BCUT2D eigenvalue weighted by Gasteiger charge is -2.24. The minimum absolute atomic E-state index is 0.0934. The summed E-state index contributed by atoms with van der Waals surface area (Å²) in [6.07, 6.45) is 1.56. The third-order valence-electron chi connectivity index (χ3n) is 5.11. The van der Waals surface area contributed by atoms with Gasteiger partial charge in [-0.05, 0) is 35.7 Å². The van der Waals surface area contributed by atoms with Crippen LogP contribution in [-0.4, -0.2) is 25.1 Å². The van der Waals surface area contributed by atoms with Gasteiger partial charge in [0.25, 0.3) is 0 Å². The zero-order valence-electron chi connectivity index (χ0n) is 16.5. The molecule has 3 aromatic carbocycles. The molecular formula is C24H22N2O3S. The van der Waals surface area contributed by atoms with E-state index < -0.39 is 15.6 Å². The zero-order valence-corrected chi connectivity index (χ0v) is 17.3. The van der Waals surface area contributed by atoms with Gasteiger partial charge in [0.2, 0.25) is 10.0 Å². The summed E-state index contributed by atoms with van der Waals surface area (Å²) in [4.78, 5) is 4.30. The molecule has 4 aromatic rings. The topological polar surface area (TPSA) is 79.3 Å². The van der Waals surface area contributed by atoms with Crippen LogP contribution in [0.5, 0.6) is 0 Å². The zero-order chi connectivity index (χ0) is 21.2. The number of aromatic nitrogens is 1. The second kappa shape index (κ2) is 7.99. The van der Waals surface area contributed by atoms with Gasteiger partial charge in [0.15, 0.2) is 0 Å². The smallest absolute Gasteiger partial charge is 0.242 e. The number of sulfonamides is 1. The second-order valence-electron chi connectivity index (χ2n) is 7.37. The molecule has 2 N–H and O–H groups in total. The van der Waals surface area contributed by atoms with E-state index in [4.69, 9.17) is 0 Å². The Hall–Kier alpha value is -3.06. The first-order valence-electron chi connectivity index (χ1n) is 9.59. The van der Waals surface area contributed by atoms with Crippen LogP contribution >= 0.6 is 0 Å². The fourth-order valence-corrected chi connectivity index (χ4v) is 4.67. The van der Waals surface area contributed by atoms with Gasteiger partial charge < -0.3 is 5.11 Å². The van der Waals surface area contributed by atoms with Crippen molar-refractivity contribution in [1.29, 1.82) is 0 Å². The highest BCUT2D eigenvalue weighted by Gasteiger charge is 2.27. The van der Waals surface area contributed by atoms with E-state index in [2.05, 4.69) is 9.71 Å².